The lowest BCUT2D eigenvalue weighted by molar-refractivity contribution is 0.371. The van der Waals surface area contributed by atoms with E-state index in [1.54, 1.807) is 12.1 Å². The van der Waals surface area contributed by atoms with Crippen LogP contribution in [0.4, 0.5) is 5.69 Å². The van der Waals surface area contributed by atoms with Crippen molar-refractivity contribution < 1.29 is 9.84 Å². The second kappa shape index (κ2) is 6.51. The molecule has 5 heteroatoms. The van der Waals surface area contributed by atoms with Crippen LogP contribution in [0.5, 0.6) is 11.5 Å². The molecule has 2 rings (SSSR count). The Kier molecular flexibility index (Phi) is 4.71. The fourth-order valence-corrected chi connectivity index (χ4v) is 2.45. The number of hydrogen-bond donors (Lipinski definition) is 2. The normalized spacial score (nSPS) is 10.0. The van der Waals surface area contributed by atoms with E-state index >= 15 is 0 Å². The van der Waals surface area contributed by atoms with Gasteiger partial charge >= 0.3 is 0 Å². The molecule has 2 aromatic rings. The Morgan fingerprint density at radius 1 is 1.33 bits per heavy atom. The molecule has 0 aliphatic heterocycles. The monoisotopic (exact) mass is 346 g/mol. The van der Waals surface area contributed by atoms with Crippen molar-refractivity contribution >= 4 is 21.6 Å². The average Bonchev–Trinajstić information content (AvgIpc) is 2.49. The van der Waals surface area contributed by atoms with E-state index in [2.05, 4.69) is 27.3 Å². The van der Waals surface area contributed by atoms with Gasteiger partial charge in [0, 0.05) is 12.2 Å². The molecule has 0 aromatic heterocycles. The third-order valence-electron chi connectivity index (χ3n) is 3.16. The van der Waals surface area contributed by atoms with E-state index in [0.717, 1.165) is 16.8 Å². The van der Waals surface area contributed by atoms with E-state index < -0.39 is 0 Å². The summed E-state index contributed by atoms with van der Waals surface area (Å²) in [5, 5.41) is 22.0. The van der Waals surface area contributed by atoms with Crippen LogP contribution in [-0.4, -0.2) is 12.2 Å². The van der Waals surface area contributed by atoms with Gasteiger partial charge in [-0.25, -0.2) is 0 Å². The molecule has 0 amide bonds. The molecule has 0 saturated carbocycles. The number of nitrogens with one attached hydrogen (secondary N) is 1. The van der Waals surface area contributed by atoms with Gasteiger partial charge in [-0.1, -0.05) is 6.07 Å². The van der Waals surface area contributed by atoms with Gasteiger partial charge in [-0.05, 0) is 58.2 Å². The lowest BCUT2D eigenvalue weighted by atomic mass is 10.1. The minimum atomic E-state index is 0.0870. The van der Waals surface area contributed by atoms with Gasteiger partial charge in [0.15, 0.2) is 11.5 Å². The molecule has 0 bridgehead atoms. The summed E-state index contributed by atoms with van der Waals surface area (Å²) < 4.78 is 5.71. The van der Waals surface area contributed by atoms with Crippen LogP contribution in [0, 0.1) is 18.3 Å². The third kappa shape index (κ3) is 3.47. The predicted molar refractivity (Wildman–Crippen MR) is 85.6 cm³/mol. The van der Waals surface area contributed by atoms with Crippen molar-refractivity contribution in [2.24, 2.45) is 0 Å². The summed E-state index contributed by atoms with van der Waals surface area (Å²) in [6.45, 7) is 2.54. The zero-order chi connectivity index (χ0) is 15.4. The first kappa shape index (κ1) is 15.2. The van der Waals surface area contributed by atoms with E-state index in [1.165, 1.54) is 7.11 Å². The Labute approximate surface area is 132 Å². The van der Waals surface area contributed by atoms with Gasteiger partial charge in [-0.15, -0.1) is 0 Å². The minimum absolute atomic E-state index is 0.0870. The summed E-state index contributed by atoms with van der Waals surface area (Å²) in [6, 6.07) is 11.3. The number of rotatable bonds is 4. The summed E-state index contributed by atoms with van der Waals surface area (Å²) in [7, 11) is 1.51. The van der Waals surface area contributed by atoms with Crippen LogP contribution in [0.1, 0.15) is 16.7 Å². The number of phenols is 1. The molecule has 0 aliphatic carbocycles. The lowest BCUT2D eigenvalue weighted by Crippen LogP contribution is -2.02. The van der Waals surface area contributed by atoms with E-state index in [9.17, 15) is 5.11 Å². The number of phenolic OH excluding ortho intramolecular Hbond substituents is 1. The van der Waals surface area contributed by atoms with Crippen molar-refractivity contribution in [3.63, 3.8) is 0 Å². The fourth-order valence-electron chi connectivity index (χ4n) is 1.96. The van der Waals surface area contributed by atoms with Crippen LogP contribution in [0.2, 0.25) is 0 Å². The maximum absolute atomic E-state index is 9.79. The van der Waals surface area contributed by atoms with Crippen molar-refractivity contribution in [2.45, 2.75) is 13.5 Å². The molecule has 21 heavy (non-hydrogen) atoms. The molecule has 2 aromatic carbocycles. The second-order valence-corrected chi connectivity index (χ2v) is 5.48. The molecule has 0 unspecified atom stereocenters. The number of anilines is 1. The zero-order valence-electron chi connectivity index (χ0n) is 11.8. The van der Waals surface area contributed by atoms with Gasteiger partial charge in [0.05, 0.1) is 23.2 Å². The highest BCUT2D eigenvalue weighted by Gasteiger charge is 2.09. The highest BCUT2D eigenvalue weighted by molar-refractivity contribution is 9.10. The first-order valence-electron chi connectivity index (χ1n) is 6.35. The first-order chi connectivity index (χ1) is 10.0. The Morgan fingerprint density at radius 2 is 2.10 bits per heavy atom. The maximum Gasteiger partial charge on any atom is 0.172 e. The summed E-state index contributed by atoms with van der Waals surface area (Å²) in [6.07, 6.45) is 0. The van der Waals surface area contributed by atoms with Crippen molar-refractivity contribution in [1.29, 1.82) is 5.26 Å². The van der Waals surface area contributed by atoms with E-state index in [-0.39, 0.29) is 5.75 Å². The number of methoxy groups -OCH3 is 1. The Morgan fingerprint density at radius 3 is 2.76 bits per heavy atom. The van der Waals surface area contributed by atoms with Gasteiger partial charge in [0.2, 0.25) is 0 Å². The maximum atomic E-state index is 9.79. The molecule has 0 heterocycles. The van der Waals surface area contributed by atoms with Crippen LogP contribution < -0.4 is 10.1 Å². The van der Waals surface area contributed by atoms with Crippen molar-refractivity contribution in [3.05, 3.63) is 51.5 Å². The highest BCUT2D eigenvalue weighted by atomic mass is 79.9. The molecule has 0 atom stereocenters. The summed E-state index contributed by atoms with van der Waals surface area (Å²) in [4.78, 5) is 0. The second-order valence-electron chi connectivity index (χ2n) is 4.62. The van der Waals surface area contributed by atoms with Crippen LogP contribution in [0.15, 0.2) is 34.8 Å². The molecule has 0 fully saturated rings. The van der Waals surface area contributed by atoms with Crippen molar-refractivity contribution in [3.8, 4) is 17.6 Å². The first-order valence-corrected chi connectivity index (χ1v) is 7.14. The summed E-state index contributed by atoms with van der Waals surface area (Å²) in [5.41, 5.74) is 3.56. The fraction of sp³-hybridized carbons (Fsp3) is 0.188. The van der Waals surface area contributed by atoms with Crippen molar-refractivity contribution in [1.82, 2.24) is 0 Å². The number of ether oxygens (including phenoxy) is 1. The predicted octanol–water partition coefficient (Wildman–Crippen LogP) is 3.96. The minimum Gasteiger partial charge on any atom is -0.503 e. The van der Waals surface area contributed by atoms with Gasteiger partial charge in [-0.2, -0.15) is 5.26 Å². The molecule has 0 aliphatic rings. The number of nitrogens with zero attached hydrogens (tertiary/aromatic N) is 1. The molecule has 108 valence electrons. The summed E-state index contributed by atoms with van der Waals surface area (Å²) in [5.74, 6) is 0.507. The van der Waals surface area contributed by atoms with Crippen LogP contribution in [0.3, 0.4) is 0 Å². The van der Waals surface area contributed by atoms with E-state index in [1.807, 2.05) is 25.1 Å². The molecular formula is C16H15BrN2O2. The SMILES string of the molecule is COc1cc(CNc2cc(C#N)ccc2C)cc(Br)c1O. The van der Waals surface area contributed by atoms with Gasteiger partial charge in [0.25, 0.3) is 0 Å². The molecule has 0 spiro atoms. The number of aromatic hydroxyl groups is 1. The lowest BCUT2D eigenvalue weighted by Gasteiger charge is -2.12. The van der Waals surface area contributed by atoms with Gasteiger partial charge in [0.1, 0.15) is 0 Å². The number of nitriles is 1. The van der Waals surface area contributed by atoms with Crippen LogP contribution in [0.25, 0.3) is 0 Å². The number of halogens is 1. The molecular weight excluding hydrogens is 332 g/mol. The van der Waals surface area contributed by atoms with Gasteiger partial charge < -0.3 is 15.2 Å². The smallest absolute Gasteiger partial charge is 0.172 e. The average molecular weight is 347 g/mol. The van der Waals surface area contributed by atoms with Crippen molar-refractivity contribution in [2.75, 3.05) is 12.4 Å². The molecule has 0 saturated heterocycles. The van der Waals surface area contributed by atoms with Crippen LogP contribution >= 0.6 is 15.9 Å². The topological polar surface area (TPSA) is 65.3 Å². The third-order valence-corrected chi connectivity index (χ3v) is 3.76. The highest BCUT2D eigenvalue weighted by Crippen LogP contribution is 2.35. The Bertz CT molecular complexity index is 708. The standard InChI is InChI=1S/C16H15BrN2O2/c1-10-3-4-11(8-18)6-14(10)19-9-12-5-13(17)16(20)15(7-12)21-2/h3-7,19-20H,9H2,1-2H3. The van der Waals surface area contributed by atoms with E-state index in [0.29, 0.717) is 22.3 Å². The summed E-state index contributed by atoms with van der Waals surface area (Å²) >= 11 is 3.30. The number of benzene rings is 2. The Hall–Kier alpha value is -2.19. The number of hydrogen-bond acceptors (Lipinski definition) is 4. The molecule has 2 N–H and O–H groups in total. The van der Waals surface area contributed by atoms with E-state index in [4.69, 9.17) is 10.00 Å². The quantitative estimate of drug-likeness (QED) is 0.879. The molecule has 0 radical (unpaired) electrons. The number of aryl methyl sites for hydroxylation is 1. The van der Waals surface area contributed by atoms with Gasteiger partial charge in [-0.3, -0.25) is 0 Å². The molecule has 4 nitrogen and oxygen atoms in total. The largest absolute Gasteiger partial charge is 0.503 e. The zero-order valence-corrected chi connectivity index (χ0v) is 13.4. The Balaban J connectivity index is 2.21. The van der Waals surface area contributed by atoms with Crippen LogP contribution in [-0.2, 0) is 6.54 Å².